The van der Waals surface area contributed by atoms with Crippen LogP contribution in [0, 0.1) is 12.7 Å². The van der Waals surface area contributed by atoms with Gasteiger partial charge in [-0.3, -0.25) is 0 Å². The Hall–Kier alpha value is -2.41. The highest BCUT2D eigenvalue weighted by Gasteiger charge is 2.16. The number of fused-ring (bicyclic) bond motifs is 1. The highest BCUT2D eigenvalue weighted by atomic mass is 35.5. The Morgan fingerprint density at radius 2 is 2.17 bits per heavy atom. The predicted octanol–water partition coefficient (Wildman–Crippen LogP) is 2.89. The molecule has 0 unspecified atom stereocenters. The second-order valence-electron chi connectivity index (χ2n) is 4.95. The topological polar surface area (TPSA) is 64.3 Å². The molecule has 120 valence electrons. The van der Waals surface area contributed by atoms with Crippen LogP contribution < -0.4 is 10.1 Å². The van der Waals surface area contributed by atoms with E-state index in [1.165, 1.54) is 24.0 Å². The van der Waals surface area contributed by atoms with Crippen LogP contribution in [-0.2, 0) is 6.42 Å². The molecule has 6 nitrogen and oxygen atoms in total. The molecule has 0 amide bonds. The van der Waals surface area contributed by atoms with E-state index in [0.29, 0.717) is 35.3 Å². The fourth-order valence-electron chi connectivity index (χ4n) is 2.46. The number of nitrogens with zero attached hydrogens (tertiary/aromatic N) is 4. The molecule has 0 radical (unpaired) electrons. The van der Waals surface area contributed by atoms with Crippen molar-refractivity contribution >= 4 is 22.9 Å². The second kappa shape index (κ2) is 6.37. The standard InChI is InChI=1S/C15H15ClFN5O/c1-9-10(5-6-18-13-7-12(16)19-8-20-13)15-11(17)3-4-14(23-2)22(15)21-9/h3-4,7-8H,5-6H2,1-2H3,(H,18,19,20). The lowest BCUT2D eigenvalue weighted by molar-refractivity contribution is 0.383. The van der Waals surface area contributed by atoms with Gasteiger partial charge in [-0.25, -0.2) is 14.4 Å². The minimum atomic E-state index is -0.327. The summed E-state index contributed by atoms with van der Waals surface area (Å²) in [5.74, 6) is 0.787. The van der Waals surface area contributed by atoms with E-state index >= 15 is 0 Å². The molecular weight excluding hydrogens is 321 g/mol. The van der Waals surface area contributed by atoms with E-state index in [9.17, 15) is 4.39 Å². The zero-order chi connectivity index (χ0) is 16.4. The van der Waals surface area contributed by atoms with Crippen LogP contribution in [0.2, 0.25) is 5.15 Å². The molecule has 3 aromatic heterocycles. The Balaban J connectivity index is 1.84. The molecule has 0 aliphatic heterocycles. The monoisotopic (exact) mass is 335 g/mol. The van der Waals surface area contributed by atoms with Gasteiger partial charge in [-0.05, 0) is 19.4 Å². The average molecular weight is 336 g/mol. The molecule has 0 aromatic carbocycles. The Kier molecular flexibility index (Phi) is 4.29. The molecule has 8 heteroatoms. The van der Waals surface area contributed by atoms with Crippen LogP contribution >= 0.6 is 11.6 Å². The molecule has 0 fully saturated rings. The largest absolute Gasteiger partial charge is 0.481 e. The van der Waals surface area contributed by atoms with Gasteiger partial charge < -0.3 is 10.1 Å². The number of hydrogen-bond donors (Lipinski definition) is 1. The summed E-state index contributed by atoms with van der Waals surface area (Å²) in [6.45, 7) is 2.41. The van der Waals surface area contributed by atoms with Crippen molar-refractivity contribution in [3.05, 3.63) is 46.8 Å². The molecule has 0 spiro atoms. The third kappa shape index (κ3) is 3.05. The molecule has 3 heterocycles. The number of aromatic nitrogens is 4. The van der Waals surface area contributed by atoms with Gasteiger partial charge in [0, 0.05) is 24.2 Å². The first-order valence-corrected chi connectivity index (χ1v) is 7.40. The molecular formula is C15H15ClFN5O. The molecule has 3 rings (SSSR count). The van der Waals surface area contributed by atoms with Crippen molar-refractivity contribution in [3.63, 3.8) is 0 Å². The lowest BCUT2D eigenvalue weighted by atomic mass is 10.1. The number of ether oxygens (including phenoxy) is 1. The van der Waals surface area contributed by atoms with Gasteiger partial charge in [-0.15, -0.1) is 0 Å². The summed E-state index contributed by atoms with van der Waals surface area (Å²) in [5, 5.41) is 7.87. The van der Waals surface area contributed by atoms with E-state index in [4.69, 9.17) is 16.3 Å². The van der Waals surface area contributed by atoms with Crippen LogP contribution in [0.3, 0.4) is 0 Å². The Morgan fingerprint density at radius 3 is 2.91 bits per heavy atom. The second-order valence-corrected chi connectivity index (χ2v) is 5.34. The number of methoxy groups -OCH3 is 1. The first-order chi connectivity index (χ1) is 11.1. The summed E-state index contributed by atoms with van der Waals surface area (Å²) in [4.78, 5) is 7.89. The molecule has 3 aromatic rings. The molecule has 0 bridgehead atoms. The fourth-order valence-corrected chi connectivity index (χ4v) is 2.60. The van der Waals surface area contributed by atoms with Crippen molar-refractivity contribution in [1.29, 1.82) is 0 Å². The summed E-state index contributed by atoms with van der Waals surface area (Å²) in [7, 11) is 1.53. The number of pyridine rings is 1. The van der Waals surface area contributed by atoms with Crippen molar-refractivity contribution in [2.24, 2.45) is 0 Å². The van der Waals surface area contributed by atoms with Gasteiger partial charge in [0.2, 0.25) is 5.88 Å². The Morgan fingerprint density at radius 1 is 1.35 bits per heavy atom. The van der Waals surface area contributed by atoms with E-state index in [1.807, 2.05) is 6.92 Å². The molecule has 23 heavy (non-hydrogen) atoms. The number of rotatable bonds is 5. The lowest BCUT2D eigenvalue weighted by Crippen LogP contribution is -2.07. The van der Waals surface area contributed by atoms with E-state index in [-0.39, 0.29) is 5.82 Å². The van der Waals surface area contributed by atoms with E-state index in [2.05, 4.69) is 20.4 Å². The fraction of sp³-hybridized carbons (Fsp3) is 0.267. The molecule has 0 atom stereocenters. The summed E-state index contributed by atoms with van der Waals surface area (Å²) in [6.07, 6.45) is 1.97. The zero-order valence-electron chi connectivity index (χ0n) is 12.7. The summed E-state index contributed by atoms with van der Waals surface area (Å²) in [6, 6.07) is 4.57. The van der Waals surface area contributed by atoms with Crippen molar-refractivity contribution in [3.8, 4) is 5.88 Å². The van der Waals surface area contributed by atoms with Crippen LogP contribution in [0.4, 0.5) is 10.2 Å². The van der Waals surface area contributed by atoms with Gasteiger partial charge in [-0.2, -0.15) is 9.61 Å². The Bertz CT molecular complexity index is 851. The number of anilines is 1. The highest BCUT2D eigenvalue weighted by molar-refractivity contribution is 6.29. The average Bonchev–Trinajstić information content (AvgIpc) is 2.86. The smallest absolute Gasteiger partial charge is 0.214 e. The highest BCUT2D eigenvalue weighted by Crippen LogP contribution is 2.24. The number of aryl methyl sites for hydroxylation is 1. The van der Waals surface area contributed by atoms with Crippen LogP contribution in [0.1, 0.15) is 11.3 Å². The maximum Gasteiger partial charge on any atom is 0.214 e. The van der Waals surface area contributed by atoms with E-state index < -0.39 is 0 Å². The van der Waals surface area contributed by atoms with Gasteiger partial charge in [0.15, 0.2) is 0 Å². The number of halogens is 2. The van der Waals surface area contributed by atoms with Gasteiger partial charge in [0.25, 0.3) is 0 Å². The van der Waals surface area contributed by atoms with E-state index in [1.54, 1.807) is 12.1 Å². The Labute approximate surface area is 137 Å². The molecule has 0 aliphatic rings. The van der Waals surface area contributed by atoms with E-state index in [0.717, 1.165) is 11.3 Å². The maximum atomic E-state index is 14.2. The molecule has 0 aliphatic carbocycles. The van der Waals surface area contributed by atoms with Crippen molar-refractivity contribution in [2.45, 2.75) is 13.3 Å². The SMILES string of the molecule is COc1ccc(F)c2c(CCNc3cc(Cl)ncn3)c(C)nn12. The summed E-state index contributed by atoms with van der Waals surface area (Å²) >= 11 is 5.81. The zero-order valence-corrected chi connectivity index (χ0v) is 13.4. The lowest BCUT2D eigenvalue weighted by Gasteiger charge is -2.07. The first-order valence-electron chi connectivity index (χ1n) is 7.02. The normalized spacial score (nSPS) is 11.0. The predicted molar refractivity (Wildman–Crippen MR) is 85.7 cm³/mol. The summed E-state index contributed by atoms with van der Waals surface area (Å²) < 4.78 is 20.9. The maximum absolute atomic E-state index is 14.2. The van der Waals surface area contributed by atoms with Crippen molar-refractivity contribution < 1.29 is 9.13 Å². The van der Waals surface area contributed by atoms with Crippen LogP contribution in [-0.4, -0.2) is 33.2 Å². The van der Waals surface area contributed by atoms with Crippen molar-refractivity contribution in [2.75, 3.05) is 19.0 Å². The van der Waals surface area contributed by atoms with Crippen LogP contribution in [0.25, 0.3) is 5.52 Å². The van der Waals surface area contributed by atoms with Gasteiger partial charge in [0.1, 0.15) is 28.6 Å². The third-order valence-corrected chi connectivity index (χ3v) is 3.72. The van der Waals surface area contributed by atoms with Gasteiger partial charge in [0.05, 0.1) is 12.8 Å². The van der Waals surface area contributed by atoms with Crippen LogP contribution in [0.5, 0.6) is 5.88 Å². The molecule has 0 saturated heterocycles. The van der Waals surface area contributed by atoms with Gasteiger partial charge >= 0.3 is 0 Å². The van der Waals surface area contributed by atoms with Crippen molar-refractivity contribution in [1.82, 2.24) is 19.6 Å². The number of hydrogen-bond acceptors (Lipinski definition) is 5. The summed E-state index contributed by atoms with van der Waals surface area (Å²) in [5.41, 5.74) is 2.02. The van der Waals surface area contributed by atoms with Gasteiger partial charge in [-0.1, -0.05) is 11.6 Å². The third-order valence-electron chi connectivity index (χ3n) is 3.52. The number of nitrogens with one attached hydrogen (secondary N) is 1. The molecule has 1 N–H and O–H groups in total. The first kappa shape index (κ1) is 15.5. The molecule has 0 saturated carbocycles. The minimum absolute atomic E-state index is 0.327. The minimum Gasteiger partial charge on any atom is -0.481 e. The quantitative estimate of drug-likeness (QED) is 0.726. The van der Waals surface area contributed by atoms with Crippen LogP contribution in [0.15, 0.2) is 24.5 Å².